The summed E-state index contributed by atoms with van der Waals surface area (Å²) in [4.78, 5) is 23.1. The van der Waals surface area contributed by atoms with Crippen molar-refractivity contribution in [3.8, 4) is 0 Å². The molecule has 0 aromatic carbocycles. The van der Waals surface area contributed by atoms with Crippen LogP contribution in [0.2, 0.25) is 0 Å². The Labute approximate surface area is 156 Å². The van der Waals surface area contributed by atoms with Gasteiger partial charge in [-0.1, -0.05) is 0 Å². The first-order valence-electron chi connectivity index (χ1n) is 8.70. The Bertz CT molecular complexity index is 900. The smallest absolute Gasteiger partial charge is 0.165 e. The van der Waals surface area contributed by atoms with E-state index in [-0.39, 0.29) is 0 Å². The van der Waals surface area contributed by atoms with Crippen molar-refractivity contribution < 1.29 is 4.74 Å². The summed E-state index contributed by atoms with van der Waals surface area (Å²) >= 11 is 1.68. The number of hydrogen-bond donors (Lipinski definition) is 0. The van der Waals surface area contributed by atoms with Crippen LogP contribution in [0.15, 0.2) is 11.7 Å². The number of hydrogen-bond acceptors (Lipinski definition) is 8. The zero-order valence-corrected chi connectivity index (χ0v) is 16.2. The van der Waals surface area contributed by atoms with Gasteiger partial charge in [-0.3, -0.25) is 4.90 Å². The fourth-order valence-electron chi connectivity index (χ4n) is 3.16. The Morgan fingerprint density at radius 1 is 1.19 bits per heavy atom. The highest BCUT2D eigenvalue weighted by Crippen LogP contribution is 2.23. The maximum absolute atomic E-state index is 5.48. The molecule has 0 saturated carbocycles. The summed E-state index contributed by atoms with van der Waals surface area (Å²) in [6, 6.07) is 0. The van der Waals surface area contributed by atoms with Crippen LogP contribution in [0, 0.1) is 6.92 Å². The van der Waals surface area contributed by atoms with Crippen molar-refractivity contribution >= 4 is 28.3 Å². The minimum absolute atomic E-state index is 0.662. The molecule has 0 amide bonds. The van der Waals surface area contributed by atoms with Gasteiger partial charge < -0.3 is 14.2 Å². The molecule has 4 heterocycles. The molecule has 1 saturated heterocycles. The summed E-state index contributed by atoms with van der Waals surface area (Å²) in [7, 11) is 4.04. The molecule has 3 aromatic heterocycles. The summed E-state index contributed by atoms with van der Waals surface area (Å²) in [6.45, 7) is 6.57. The zero-order chi connectivity index (χ0) is 18.1. The van der Waals surface area contributed by atoms with E-state index in [9.17, 15) is 0 Å². The molecular weight excluding hydrogens is 350 g/mol. The highest BCUT2D eigenvalue weighted by atomic mass is 32.1. The van der Waals surface area contributed by atoms with E-state index in [2.05, 4.69) is 32.2 Å². The van der Waals surface area contributed by atoms with Crippen LogP contribution in [-0.2, 0) is 24.9 Å². The minimum Gasteiger partial charge on any atom is -0.378 e. The Hall–Kier alpha value is -2.10. The van der Waals surface area contributed by atoms with E-state index in [4.69, 9.17) is 14.7 Å². The quantitative estimate of drug-likeness (QED) is 0.672. The van der Waals surface area contributed by atoms with Crippen molar-refractivity contribution in [1.29, 1.82) is 0 Å². The topological polar surface area (TPSA) is 72.2 Å². The number of anilines is 1. The molecule has 0 unspecified atom stereocenters. The molecule has 0 N–H and O–H groups in total. The first-order chi connectivity index (χ1) is 12.6. The molecule has 0 radical (unpaired) electrons. The number of ether oxygens (including phenoxy) is 1. The highest BCUT2D eigenvalue weighted by molar-refractivity contribution is 7.09. The molecule has 3 aromatic rings. The third-order valence-electron chi connectivity index (χ3n) is 4.41. The zero-order valence-electron chi connectivity index (χ0n) is 15.3. The van der Waals surface area contributed by atoms with E-state index in [0.717, 1.165) is 66.4 Å². The van der Waals surface area contributed by atoms with Gasteiger partial charge in [0, 0.05) is 32.1 Å². The van der Waals surface area contributed by atoms with Crippen LogP contribution >= 0.6 is 11.3 Å². The number of fused-ring (bicyclic) bond motifs is 1. The first kappa shape index (κ1) is 17.3. The lowest BCUT2D eigenvalue weighted by Crippen LogP contribution is -2.37. The standard InChI is InChI=1S/C17H23N7OS/c1-12-19-13(10-26-12)8-22(2)9-14-20-16-15(18-11-23(16)3)17(21-14)24-4-6-25-7-5-24/h10-11H,4-9H2,1-3H3. The second-order valence-corrected chi connectivity index (χ2v) is 7.68. The number of nitrogens with zero attached hydrogens (tertiary/aromatic N) is 7. The molecule has 0 aliphatic carbocycles. The van der Waals surface area contributed by atoms with Gasteiger partial charge in [0.05, 0.1) is 36.8 Å². The van der Waals surface area contributed by atoms with Crippen LogP contribution in [0.4, 0.5) is 5.82 Å². The maximum atomic E-state index is 5.48. The minimum atomic E-state index is 0.662. The van der Waals surface area contributed by atoms with Crippen molar-refractivity contribution in [3.63, 3.8) is 0 Å². The molecule has 1 aliphatic heterocycles. The van der Waals surface area contributed by atoms with Crippen molar-refractivity contribution in [2.75, 3.05) is 38.3 Å². The van der Waals surface area contributed by atoms with Gasteiger partial charge in [0.1, 0.15) is 5.82 Å². The molecule has 0 bridgehead atoms. The Morgan fingerprint density at radius 2 is 2.00 bits per heavy atom. The number of aryl methyl sites for hydroxylation is 2. The average molecular weight is 373 g/mol. The normalized spacial score (nSPS) is 15.3. The summed E-state index contributed by atoms with van der Waals surface area (Å²) in [6.07, 6.45) is 1.80. The Kier molecular flexibility index (Phi) is 4.84. The van der Waals surface area contributed by atoms with Crippen LogP contribution in [0.1, 0.15) is 16.5 Å². The molecule has 1 aliphatic rings. The predicted molar refractivity (Wildman–Crippen MR) is 101 cm³/mol. The summed E-state index contributed by atoms with van der Waals surface area (Å²) in [5.41, 5.74) is 2.82. The van der Waals surface area contributed by atoms with E-state index < -0.39 is 0 Å². The van der Waals surface area contributed by atoms with E-state index in [0.29, 0.717) is 6.54 Å². The molecule has 0 spiro atoms. The average Bonchev–Trinajstić information content (AvgIpc) is 3.21. The van der Waals surface area contributed by atoms with Crippen LogP contribution in [0.3, 0.4) is 0 Å². The van der Waals surface area contributed by atoms with Gasteiger partial charge in [-0.15, -0.1) is 11.3 Å². The molecule has 4 rings (SSSR count). The van der Waals surface area contributed by atoms with Crippen LogP contribution in [0.25, 0.3) is 11.2 Å². The van der Waals surface area contributed by atoms with Gasteiger partial charge in [0.15, 0.2) is 17.0 Å². The molecule has 8 nitrogen and oxygen atoms in total. The number of rotatable bonds is 5. The Balaban J connectivity index is 1.60. The van der Waals surface area contributed by atoms with Gasteiger partial charge in [-0.25, -0.2) is 19.9 Å². The van der Waals surface area contributed by atoms with E-state index in [1.165, 1.54) is 0 Å². The van der Waals surface area contributed by atoms with Gasteiger partial charge in [0.25, 0.3) is 0 Å². The molecule has 26 heavy (non-hydrogen) atoms. The number of morpholine rings is 1. The van der Waals surface area contributed by atoms with Crippen molar-refractivity contribution in [1.82, 2.24) is 29.4 Å². The molecular formula is C17H23N7OS. The van der Waals surface area contributed by atoms with Crippen molar-refractivity contribution in [2.45, 2.75) is 20.0 Å². The van der Waals surface area contributed by atoms with Crippen LogP contribution < -0.4 is 4.90 Å². The second-order valence-electron chi connectivity index (χ2n) is 6.62. The monoisotopic (exact) mass is 373 g/mol. The summed E-state index contributed by atoms with van der Waals surface area (Å²) < 4.78 is 7.43. The lowest BCUT2D eigenvalue weighted by molar-refractivity contribution is 0.122. The molecule has 9 heteroatoms. The third-order valence-corrected chi connectivity index (χ3v) is 5.23. The van der Waals surface area contributed by atoms with Gasteiger partial charge in [0.2, 0.25) is 0 Å². The number of imidazole rings is 1. The lowest BCUT2D eigenvalue weighted by atomic mass is 10.3. The van der Waals surface area contributed by atoms with Crippen LogP contribution in [0.5, 0.6) is 0 Å². The fourth-order valence-corrected chi connectivity index (χ4v) is 3.76. The van der Waals surface area contributed by atoms with Gasteiger partial charge in [-0.05, 0) is 14.0 Å². The van der Waals surface area contributed by atoms with Gasteiger partial charge in [-0.2, -0.15) is 0 Å². The Morgan fingerprint density at radius 3 is 2.73 bits per heavy atom. The maximum Gasteiger partial charge on any atom is 0.165 e. The van der Waals surface area contributed by atoms with Crippen LogP contribution in [-0.4, -0.2) is 62.8 Å². The molecule has 1 fully saturated rings. The van der Waals surface area contributed by atoms with E-state index in [1.54, 1.807) is 17.7 Å². The third kappa shape index (κ3) is 3.55. The summed E-state index contributed by atoms with van der Waals surface area (Å²) in [5.74, 6) is 1.71. The highest BCUT2D eigenvalue weighted by Gasteiger charge is 2.20. The second kappa shape index (κ2) is 7.26. The van der Waals surface area contributed by atoms with Crippen molar-refractivity contribution in [2.24, 2.45) is 7.05 Å². The predicted octanol–water partition coefficient (Wildman–Crippen LogP) is 1.60. The number of thiazole rings is 1. The number of aromatic nitrogens is 5. The summed E-state index contributed by atoms with van der Waals surface area (Å²) in [5, 5.41) is 3.20. The van der Waals surface area contributed by atoms with E-state index in [1.807, 2.05) is 18.5 Å². The largest absolute Gasteiger partial charge is 0.378 e. The first-order valence-corrected chi connectivity index (χ1v) is 9.58. The lowest BCUT2D eigenvalue weighted by Gasteiger charge is -2.28. The fraction of sp³-hybridized carbons (Fsp3) is 0.529. The molecule has 138 valence electrons. The van der Waals surface area contributed by atoms with Gasteiger partial charge >= 0.3 is 0 Å². The van der Waals surface area contributed by atoms with Crippen molar-refractivity contribution in [3.05, 3.63) is 28.2 Å². The molecule has 0 atom stereocenters. The van der Waals surface area contributed by atoms with E-state index >= 15 is 0 Å². The SMILES string of the molecule is Cc1nc(CN(C)Cc2nc(N3CCOCC3)c3ncn(C)c3n2)cs1.